The Bertz CT molecular complexity index is 703. The SMILES string of the molecule is CC(C)[C@@H]1CC[C@]2(C)[C@H](CC=C3[C@H]4CC(C)(C)CC[C@]4(C)CC[C@]32C)[C@@]1(C)CCO. The van der Waals surface area contributed by atoms with Gasteiger partial charge in [-0.1, -0.05) is 67.0 Å². The molecule has 30 heavy (non-hydrogen) atoms. The van der Waals surface area contributed by atoms with Crippen LogP contribution >= 0.6 is 0 Å². The average molecular weight is 415 g/mol. The third kappa shape index (κ3) is 3.03. The number of rotatable bonds is 3. The van der Waals surface area contributed by atoms with Crippen LogP contribution in [0.2, 0.25) is 0 Å². The van der Waals surface area contributed by atoms with Crippen LogP contribution in [-0.4, -0.2) is 11.7 Å². The minimum atomic E-state index is 0.257. The standard InChI is InChI=1S/C29H50O/c1-20(2)21-11-12-29(8)24(27(21,6)17-18-30)10-9-22-23-19-25(3,4)13-14-26(23,5)15-16-28(22,29)7/h9,20-21,23-24,30H,10-19H2,1-8H3/t21-,23+,24+,26+,27-,28+,29+/m0/s1. The molecular formula is C29H50O. The normalized spacial score (nSPS) is 50.3. The fourth-order valence-corrected chi connectivity index (χ4v) is 9.61. The lowest BCUT2D eigenvalue weighted by Gasteiger charge is -2.69. The lowest BCUT2D eigenvalue weighted by Crippen LogP contribution is -2.61. The highest BCUT2D eigenvalue weighted by molar-refractivity contribution is 5.33. The van der Waals surface area contributed by atoms with Gasteiger partial charge in [-0.05, 0) is 109 Å². The first kappa shape index (κ1) is 22.9. The maximum absolute atomic E-state index is 10.1. The molecule has 0 unspecified atom stereocenters. The molecule has 0 heterocycles. The van der Waals surface area contributed by atoms with E-state index >= 15 is 0 Å². The van der Waals surface area contributed by atoms with Crippen molar-refractivity contribution in [3.63, 3.8) is 0 Å². The molecule has 0 radical (unpaired) electrons. The van der Waals surface area contributed by atoms with E-state index in [0.717, 1.165) is 18.3 Å². The second-order valence-electron chi connectivity index (χ2n) is 14.1. The molecule has 4 rings (SSSR count). The van der Waals surface area contributed by atoms with Crippen molar-refractivity contribution < 1.29 is 5.11 Å². The summed E-state index contributed by atoms with van der Waals surface area (Å²) in [7, 11) is 0. The van der Waals surface area contributed by atoms with Gasteiger partial charge in [-0.3, -0.25) is 0 Å². The van der Waals surface area contributed by atoms with E-state index < -0.39 is 0 Å². The molecule has 1 heteroatoms. The highest BCUT2D eigenvalue weighted by atomic mass is 16.3. The molecule has 172 valence electrons. The van der Waals surface area contributed by atoms with Gasteiger partial charge in [-0.2, -0.15) is 0 Å². The Balaban J connectivity index is 1.79. The maximum atomic E-state index is 10.1. The fraction of sp³-hybridized carbons (Fsp3) is 0.931. The van der Waals surface area contributed by atoms with E-state index in [1.807, 2.05) is 5.57 Å². The smallest absolute Gasteiger partial charge is 0.0436 e. The lowest BCUT2D eigenvalue weighted by molar-refractivity contribution is -0.156. The predicted octanol–water partition coefficient (Wildman–Crippen LogP) is 8.03. The van der Waals surface area contributed by atoms with Gasteiger partial charge in [-0.15, -0.1) is 0 Å². The number of hydrogen-bond acceptors (Lipinski definition) is 1. The van der Waals surface area contributed by atoms with Gasteiger partial charge >= 0.3 is 0 Å². The third-order valence-corrected chi connectivity index (χ3v) is 11.9. The summed E-state index contributed by atoms with van der Waals surface area (Å²) in [6, 6.07) is 0. The number of allylic oxidation sites excluding steroid dienone is 2. The Morgan fingerprint density at radius 1 is 0.967 bits per heavy atom. The van der Waals surface area contributed by atoms with Gasteiger partial charge in [0.1, 0.15) is 0 Å². The van der Waals surface area contributed by atoms with Crippen LogP contribution in [0.5, 0.6) is 0 Å². The van der Waals surface area contributed by atoms with Crippen LogP contribution < -0.4 is 0 Å². The van der Waals surface area contributed by atoms with Gasteiger partial charge in [0.15, 0.2) is 0 Å². The predicted molar refractivity (Wildman–Crippen MR) is 128 cm³/mol. The molecule has 3 fully saturated rings. The Morgan fingerprint density at radius 3 is 2.27 bits per heavy atom. The van der Waals surface area contributed by atoms with Crippen molar-refractivity contribution in [2.45, 2.75) is 113 Å². The van der Waals surface area contributed by atoms with Crippen molar-refractivity contribution in [1.29, 1.82) is 0 Å². The van der Waals surface area contributed by atoms with Gasteiger partial charge in [0.05, 0.1) is 0 Å². The van der Waals surface area contributed by atoms with Crippen molar-refractivity contribution in [1.82, 2.24) is 0 Å². The lowest BCUT2D eigenvalue weighted by atomic mass is 9.35. The van der Waals surface area contributed by atoms with Crippen LogP contribution in [0.15, 0.2) is 11.6 Å². The number of fused-ring (bicyclic) bond motifs is 5. The van der Waals surface area contributed by atoms with Crippen LogP contribution in [-0.2, 0) is 0 Å². The van der Waals surface area contributed by atoms with Crippen LogP contribution in [0.1, 0.15) is 113 Å². The first-order valence-corrected chi connectivity index (χ1v) is 13.1. The van der Waals surface area contributed by atoms with E-state index in [1.54, 1.807) is 0 Å². The van der Waals surface area contributed by atoms with E-state index in [1.165, 1.54) is 51.4 Å². The molecule has 0 aromatic rings. The summed E-state index contributed by atoms with van der Waals surface area (Å²) in [6.07, 6.45) is 14.7. The maximum Gasteiger partial charge on any atom is 0.0436 e. The van der Waals surface area contributed by atoms with Crippen LogP contribution in [0.25, 0.3) is 0 Å². The minimum absolute atomic E-state index is 0.257. The fourth-order valence-electron chi connectivity index (χ4n) is 9.61. The molecule has 4 aliphatic rings. The van der Waals surface area contributed by atoms with Gasteiger partial charge in [-0.25, -0.2) is 0 Å². The van der Waals surface area contributed by atoms with E-state index in [2.05, 4.69) is 61.5 Å². The molecule has 1 nitrogen and oxygen atoms in total. The van der Waals surface area contributed by atoms with Crippen LogP contribution in [0.4, 0.5) is 0 Å². The second-order valence-corrected chi connectivity index (χ2v) is 14.1. The Morgan fingerprint density at radius 2 is 1.63 bits per heavy atom. The summed E-state index contributed by atoms with van der Waals surface area (Å²) in [6.45, 7) is 20.7. The van der Waals surface area contributed by atoms with Crippen molar-refractivity contribution in [2.24, 2.45) is 50.7 Å². The van der Waals surface area contributed by atoms with Gasteiger partial charge in [0, 0.05) is 6.61 Å². The summed E-state index contributed by atoms with van der Waals surface area (Å²) >= 11 is 0. The van der Waals surface area contributed by atoms with Crippen molar-refractivity contribution in [2.75, 3.05) is 6.61 Å². The van der Waals surface area contributed by atoms with E-state index in [4.69, 9.17) is 0 Å². The van der Waals surface area contributed by atoms with E-state index in [9.17, 15) is 5.11 Å². The van der Waals surface area contributed by atoms with Crippen LogP contribution in [0, 0.1) is 50.7 Å². The van der Waals surface area contributed by atoms with E-state index in [0.29, 0.717) is 40.1 Å². The average Bonchev–Trinajstić information content (AvgIpc) is 2.64. The zero-order chi connectivity index (χ0) is 22.2. The second kappa shape index (κ2) is 7.10. The summed E-state index contributed by atoms with van der Waals surface area (Å²) in [4.78, 5) is 0. The molecule has 0 aromatic heterocycles. The topological polar surface area (TPSA) is 20.2 Å². The quantitative estimate of drug-likeness (QED) is 0.463. The van der Waals surface area contributed by atoms with Crippen molar-refractivity contribution in [3.05, 3.63) is 11.6 Å². The van der Waals surface area contributed by atoms with Crippen LogP contribution in [0.3, 0.4) is 0 Å². The largest absolute Gasteiger partial charge is 0.396 e. The van der Waals surface area contributed by atoms with Gasteiger partial charge in [0.25, 0.3) is 0 Å². The van der Waals surface area contributed by atoms with Gasteiger partial charge < -0.3 is 5.11 Å². The first-order valence-electron chi connectivity index (χ1n) is 13.1. The van der Waals surface area contributed by atoms with E-state index in [-0.39, 0.29) is 5.41 Å². The molecule has 3 saturated carbocycles. The van der Waals surface area contributed by atoms with Gasteiger partial charge in [0.2, 0.25) is 0 Å². The van der Waals surface area contributed by atoms with Crippen molar-refractivity contribution in [3.8, 4) is 0 Å². The minimum Gasteiger partial charge on any atom is -0.396 e. The molecular weight excluding hydrogens is 364 g/mol. The molecule has 0 saturated heterocycles. The third-order valence-electron chi connectivity index (χ3n) is 11.9. The highest BCUT2D eigenvalue weighted by Gasteiger charge is 2.65. The Kier molecular flexibility index (Phi) is 5.41. The summed E-state index contributed by atoms with van der Waals surface area (Å²) in [5, 5.41) is 10.1. The number of hydrogen-bond donors (Lipinski definition) is 1. The summed E-state index contributed by atoms with van der Waals surface area (Å²) in [5.74, 6) is 2.93. The molecule has 0 aliphatic heterocycles. The zero-order valence-electron chi connectivity index (χ0n) is 21.4. The Hall–Kier alpha value is -0.300. The molecule has 0 bridgehead atoms. The number of aliphatic hydroxyl groups excluding tert-OH is 1. The molecule has 7 atom stereocenters. The Labute approximate surface area is 187 Å². The first-order chi connectivity index (χ1) is 13.8. The number of aliphatic hydroxyl groups is 1. The summed E-state index contributed by atoms with van der Waals surface area (Å²) in [5.41, 5.74) is 3.83. The molecule has 0 spiro atoms. The van der Waals surface area contributed by atoms with Crippen molar-refractivity contribution >= 4 is 0 Å². The summed E-state index contributed by atoms with van der Waals surface area (Å²) < 4.78 is 0. The molecule has 1 N–H and O–H groups in total. The zero-order valence-corrected chi connectivity index (χ0v) is 21.4. The molecule has 0 aromatic carbocycles. The molecule has 4 aliphatic carbocycles. The molecule has 0 amide bonds. The highest BCUT2D eigenvalue weighted by Crippen LogP contribution is 2.73. The monoisotopic (exact) mass is 414 g/mol.